The Morgan fingerprint density at radius 2 is 2.16 bits per heavy atom. The number of hydrogen-bond acceptors (Lipinski definition) is 5. The fraction of sp³-hybridized carbons (Fsp3) is 0. The first kappa shape index (κ1) is 11.6. The van der Waals surface area contributed by atoms with Gasteiger partial charge in [0.1, 0.15) is 4.88 Å². The van der Waals surface area contributed by atoms with Crippen LogP contribution in [-0.2, 0) is 0 Å². The number of carbonyl (C=O) groups is 1. The molecule has 0 saturated heterocycles. The molecule has 1 aromatic carbocycles. The van der Waals surface area contributed by atoms with E-state index in [0.29, 0.717) is 10.0 Å². The zero-order valence-corrected chi connectivity index (χ0v) is 10.6. The zero-order chi connectivity index (χ0) is 13.2. The van der Waals surface area contributed by atoms with Gasteiger partial charge in [-0.2, -0.15) is 0 Å². The monoisotopic (exact) mass is 270 g/mol. The van der Waals surface area contributed by atoms with Gasteiger partial charge in [0.15, 0.2) is 5.13 Å². The van der Waals surface area contributed by atoms with Gasteiger partial charge in [-0.25, -0.2) is 4.98 Å². The van der Waals surface area contributed by atoms with E-state index in [2.05, 4.69) is 15.3 Å². The molecule has 0 spiro atoms. The molecule has 2 aromatic heterocycles. The van der Waals surface area contributed by atoms with E-state index in [1.807, 2.05) is 30.3 Å². The van der Waals surface area contributed by atoms with Gasteiger partial charge in [0.25, 0.3) is 5.91 Å². The minimum Gasteiger partial charge on any atom is -0.365 e. The highest BCUT2D eigenvalue weighted by Gasteiger charge is 2.07. The Kier molecular flexibility index (Phi) is 2.85. The lowest BCUT2D eigenvalue weighted by molar-refractivity contribution is 0.100. The summed E-state index contributed by atoms with van der Waals surface area (Å²) in [4.78, 5) is 19.8. The van der Waals surface area contributed by atoms with Crippen molar-refractivity contribution in [1.82, 2.24) is 9.97 Å². The fourth-order valence-corrected chi connectivity index (χ4v) is 2.41. The van der Waals surface area contributed by atoms with Crippen molar-refractivity contribution in [2.45, 2.75) is 0 Å². The van der Waals surface area contributed by atoms with E-state index in [1.165, 1.54) is 17.5 Å². The molecular weight excluding hydrogens is 260 g/mol. The fourth-order valence-electron chi connectivity index (χ4n) is 1.72. The molecule has 6 heteroatoms. The lowest BCUT2D eigenvalue weighted by Crippen LogP contribution is -2.08. The van der Waals surface area contributed by atoms with Crippen molar-refractivity contribution in [1.29, 1.82) is 0 Å². The van der Waals surface area contributed by atoms with Gasteiger partial charge in [-0.3, -0.25) is 9.78 Å². The number of fused-ring (bicyclic) bond motifs is 1. The number of aromatic nitrogens is 2. The molecule has 5 nitrogen and oxygen atoms in total. The maximum atomic E-state index is 11.0. The molecule has 0 aliphatic heterocycles. The third kappa shape index (κ3) is 2.38. The number of rotatable bonds is 3. The van der Waals surface area contributed by atoms with Crippen molar-refractivity contribution in [3.63, 3.8) is 0 Å². The van der Waals surface area contributed by atoms with Gasteiger partial charge in [0.2, 0.25) is 0 Å². The van der Waals surface area contributed by atoms with Gasteiger partial charge in [-0.05, 0) is 24.3 Å². The van der Waals surface area contributed by atoms with Crippen LogP contribution in [0.15, 0.2) is 42.7 Å². The summed E-state index contributed by atoms with van der Waals surface area (Å²) in [6.07, 6.45) is 3.23. The lowest BCUT2D eigenvalue weighted by atomic mass is 10.2. The van der Waals surface area contributed by atoms with Crippen LogP contribution in [0, 0.1) is 0 Å². The second-order valence-electron chi connectivity index (χ2n) is 3.93. The minimum atomic E-state index is -0.465. The van der Waals surface area contributed by atoms with Gasteiger partial charge >= 0.3 is 0 Å². The Morgan fingerprint density at radius 1 is 1.26 bits per heavy atom. The molecule has 0 fully saturated rings. The Balaban J connectivity index is 1.89. The summed E-state index contributed by atoms with van der Waals surface area (Å²) in [6.45, 7) is 0. The number of nitrogens with two attached hydrogens (primary N) is 1. The van der Waals surface area contributed by atoms with Gasteiger partial charge < -0.3 is 11.1 Å². The minimum absolute atomic E-state index is 0.435. The largest absolute Gasteiger partial charge is 0.365 e. The van der Waals surface area contributed by atoms with Crippen molar-refractivity contribution in [3.05, 3.63) is 47.6 Å². The molecule has 2 heterocycles. The first-order chi connectivity index (χ1) is 9.22. The number of primary amides is 1. The van der Waals surface area contributed by atoms with Crippen LogP contribution in [0.3, 0.4) is 0 Å². The Labute approximate surface area is 113 Å². The average Bonchev–Trinajstić information content (AvgIpc) is 2.87. The van der Waals surface area contributed by atoms with Gasteiger partial charge in [0.05, 0.1) is 11.7 Å². The van der Waals surface area contributed by atoms with E-state index in [-0.39, 0.29) is 0 Å². The van der Waals surface area contributed by atoms with Crippen LogP contribution in [0.1, 0.15) is 9.67 Å². The molecule has 0 bridgehead atoms. The van der Waals surface area contributed by atoms with Gasteiger partial charge in [-0.15, -0.1) is 0 Å². The predicted octanol–water partition coefficient (Wildman–Crippen LogP) is 2.53. The number of thiazole rings is 1. The van der Waals surface area contributed by atoms with Crippen LogP contribution in [0.25, 0.3) is 10.9 Å². The average molecular weight is 270 g/mol. The summed E-state index contributed by atoms with van der Waals surface area (Å²) in [7, 11) is 0. The maximum Gasteiger partial charge on any atom is 0.260 e. The van der Waals surface area contributed by atoms with Crippen LogP contribution < -0.4 is 11.1 Å². The molecule has 0 unspecified atom stereocenters. The van der Waals surface area contributed by atoms with E-state index in [9.17, 15) is 4.79 Å². The summed E-state index contributed by atoms with van der Waals surface area (Å²) in [5.74, 6) is -0.465. The molecule has 3 N–H and O–H groups in total. The van der Waals surface area contributed by atoms with E-state index < -0.39 is 5.91 Å². The van der Waals surface area contributed by atoms with Gasteiger partial charge in [-0.1, -0.05) is 17.4 Å². The van der Waals surface area contributed by atoms with Crippen LogP contribution in [0.5, 0.6) is 0 Å². The first-order valence-corrected chi connectivity index (χ1v) is 6.41. The second-order valence-corrected chi connectivity index (χ2v) is 4.96. The molecule has 0 atom stereocenters. The number of hydrogen-bond donors (Lipinski definition) is 2. The second kappa shape index (κ2) is 4.66. The number of carbonyl (C=O) groups excluding carboxylic acids is 1. The molecule has 0 saturated carbocycles. The van der Waals surface area contributed by atoms with Crippen LogP contribution in [0.2, 0.25) is 0 Å². The lowest BCUT2D eigenvalue weighted by Gasteiger charge is -2.03. The Morgan fingerprint density at radius 3 is 2.95 bits per heavy atom. The molecule has 3 rings (SSSR count). The number of amides is 1. The van der Waals surface area contributed by atoms with Crippen molar-refractivity contribution < 1.29 is 4.79 Å². The summed E-state index contributed by atoms with van der Waals surface area (Å²) in [6, 6.07) is 9.71. The van der Waals surface area contributed by atoms with Crippen LogP contribution in [-0.4, -0.2) is 15.9 Å². The molecule has 3 aromatic rings. The van der Waals surface area contributed by atoms with Crippen LogP contribution >= 0.6 is 11.3 Å². The van der Waals surface area contributed by atoms with Crippen molar-refractivity contribution in [2.75, 3.05) is 5.32 Å². The number of benzene rings is 1. The topological polar surface area (TPSA) is 80.9 Å². The van der Waals surface area contributed by atoms with Crippen molar-refractivity contribution in [2.24, 2.45) is 5.73 Å². The highest BCUT2D eigenvalue weighted by molar-refractivity contribution is 7.17. The zero-order valence-electron chi connectivity index (χ0n) is 9.83. The molecule has 1 amide bonds. The standard InChI is InChI=1S/C13H10N4OS/c14-12(18)11-7-16-13(19-11)17-9-3-4-10-8(6-9)2-1-5-15-10/h1-7H,(H2,14,18)(H,16,17). The highest BCUT2D eigenvalue weighted by Crippen LogP contribution is 2.24. The van der Waals surface area contributed by atoms with E-state index >= 15 is 0 Å². The predicted molar refractivity (Wildman–Crippen MR) is 75.7 cm³/mol. The molecule has 94 valence electrons. The number of nitrogens with zero attached hydrogens (tertiary/aromatic N) is 2. The number of anilines is 2. The quantitative estimate of drug-likeness (QED) is 0.766. The number of nitrogens with one attached hydrogen (secondary N) is 1. The van der Waals surface area contributed by atoms with Gasteiger partial charge in [0, 0.05) is 17.3 Å². The molecular formula is C13H10N4OS. The third-order valence-electron chi connectivity index (χ3n) is 2.60. The third-order valence-corrected chi connectivity index (χ3v) is 3.53. The smallest absolute Gasteiger partial charge is 0.260 e. The van der Waals surface area contributed by atoms with Crippen LogP contribution in [0.4, 0.5) is 10.8 Å². The molecule has 19 heavy (non-hydrogen) atoms. The summed E-state index contributed by atoms with van der Waals surface area (Å²) in [5.41, 5.74) is 7.02. The van der Waals surface area contributed by atoms with Crippen molar-refractivity contribution >= 4 is 39.0 Å². The highest BCUT2D eigenvalue weighted by atomic mass is 32.1. The first-order valence-electron chi connectivity index (χ1n) is 5.60. The SMILES string of the molecule is NC(=O)c1cnc(Nc2ccc3ncccc3c2)s1. The van der Waals surface area contributed by atoms with E-state index in [1.54, 1.807) is 6.20 Å². The summed E-state index contributed by atoms with van der Waals surface area (Å²) >= 11 is 1.23. The van der Waals surface area contributed by atoms with E-state index in [4.69, 9.17) is 5.73 Å². The van der Waals surface area contributed by atoms with E-state index in [0.717, 1.165) is 16.6 Å². The maximum absolute atomic E-state index is 11.0. The molecule has 0 aliphatic carbocycles. The Bertz CT molecular complexity index is 753. The molecule has 0 aliphatic rings. The van der Waals surface area contributed by atoms with Crippen molar-refractivity contribution in [3.8, 4) is 0 Å². The summed E-state index contributed by atoms with van der Waals surface area (Å²) in [5, 5.41) is 4.82. The summed E-state index contributed by atoms with van der Waals surface area (Å²) < 4.78 is 0. The Hall–Kier alpha value is -2.47. The normalized spacial score (nSPS) is 10.5. The molecule has 0 radical (unpaired) electrons. The number of pyridine rings is 1.